The molecule has 0 aliphatic heterocycles. The number of nitrogens with one attached hydrogen (secondary N) is 1. The van der Waals surface area contributed by atoms with Gasteiger partial charge in [0.15, 0.2) is 0 Å². The molecule has 0 atom stereocenters. The van der Waals surface area contributed by atoms with Crippen LogP contribution in [-0.4, -0.2) is 35.9 Å². The van der Waals surface area contributed by atoms with E-state index in [-0.39, 0.29) is 5.91 Å². The van der Waals surface area contributed by atoms with Gasteiger partial charge in [-0.25, -0.2) is 4.98 Å². The second kappa shape index (κ2) is 6.48. The first kappa shape index (κ1) is 13.0. The highest BCUT2D eigenvalue weighted by atomic mass is 16.2. The molecule has 1 N–H and O–H groups in total. The van der Waals surface area contributed by atoms with Gasteiger partial charge in [0.2, 0.25) is 0 Å². The number of rotatable bonds is 5. The minimum atomic E-state index is -0.0970. The van der Waals surface area contributed by atoms with Gasteiger partial charge in [0.1, 0.15) is 5.82 Å². The maximum absolute atomic E-state index is 12.2. The predicted octanol–water partition coefficient (Wildman–Crippen LogP) is 1.50. The van der Waals surface area contributed by atoms with Crippen LogP contribution in [0.2, 0.25) is 0 Å². The maximum Gasteiger partial charge on any atom is 0.257 e. The molecular weight excluding hydrogens is 216 g/mol. The SMILES string of the molecule is CCN(CCC#N)C(=O)c1cccnc1NC. The Bertz CT molecular complexity index is 425. The topological polar surface area (TPSA) is 69.0 Å². The molecule has 1 aromatic rings. The van der Waals surface area contributed by atoms with Crippen LogP contribution in [0.4, 0.5) is 5.82 Å². The molecule has 0 aromatic carbocycles. The monoisotopic (exact) mass is 232 g/mol. The summed E-state index contributed by atoms with van der Waals surface area (Å²) >= 11 is 0. The van der Waals surface area contributed by atoms with Gasteiger partial charge in [-0.3, -0.25) is 4.79 Å². The first-order chi connectivity index (χ1) is 8.24. The molecule has 17 heavy (non-hydrogen) atoms. The fourth-order valence-electron chi connectivity index (χ4n) is 1.54. The van der Waals surface area contributed by atoms with Gasteiger partial charge in [-0.2, -0.15) is 5.26 Å². The fraction of sp³-hybridized carbons (Fsp3) is 0.417. The first-order valence-corrected chi connectivity index (χ1v) is 5.53. The second-order valence-electron chi connectivity index (χ2n) is 3.44. The molecule has 1 aromatic heterocycles. The van der Waals surface area contributed by atoms with E-state index in [1.54, 1.807) is 30.3 Å². The number of hydrogen-bond donors (Lipinski definition) is 1. The van der Waals surface area contributed by atoms with E-state index in [0.29, 0.717) is 30.9 Å². The van der Waals surface area contributed by atoms with Gasteiger partial charge in [0, 0.05) is 26.3 Å². The standard InChI is InChI=1S/C12H16N4O/c1-3-16(9-5-7-13)12(17)10-6-4-8-15-11(10)14-2/h4,6,8H,3,5,9H2,1-2H3,(H,14,15). The van der Waals surface area contributed by atoms with Crippen molar-refractivity contribution >= 4 is 11.7 Å². The number of amides is 1. The molecule has 0 saturated carbocycles. The molecule has 1 heterocycles. The van der Waals surface area contributed by atoms with Gasteiger partial charge in [-0.05, 0) is 19.1 Å². The van der Waals surface area contributed by atoms with E-state index in [2.05, 4.69) is 10.3 Å². The lowest BCUT2D eigenvalue weighted by molar-refractivity contribution is 0.0768. The van der Waals surface area contributed by atoms with E-state index < -0.39 is 0 Å². The van der Waals surface area contributed by atoms with Gasteiger partial charge < -0.3 is 10.2 Å². The number of nitrogens with zero attached hydrogens (tertiary/aromatic N) is 3. The van der Waals surface area contributed by atoms with E-state index in [1.165, 1.54) is 0 Å². The molecule has 0 radical (unpaired) electrons. The Morgan fingerprint density at radius 1 is 1.65 bits per heavy atom. The summed E-state index contributed by atoms with van der Waals surface area (Å²) in [6, 6.07) is 5.50. The zero-order valence-electron chi connectivity index (χ0n) is 10.1. The Hall–Kier alpha value is -2.09. The van der Waals surface area contributed by atoms with Crippen LogP contribution in [-0.2, 0) is 0 Å². The van der Waals surface area contributed by atoms with Crippen LogP contribution >= 0.6 is 0 Å². The number of anilines is 1. The highest BCUT2D eigenvalue weighted by molar-refractivity contribution is 5.98. The number of aromatic nitrogens is 1. The Balaban J connectivity index is 2.90. The van der Waals surface area contributed by atoms with Gasteiger partial charge in [-0.15, -0.1) is 0 Å². The Morgan fingerprint density at radius 3 is 3.00 bits per heavy atom. The summed E-state index contributed by atoms with van der Waals surface area (Å²) < 4.78 is 0. The summed E-state index contributed by atoms with van der Waals surface area (Å²) in [5.74, 6) is 0.466. The lowest BCUT2D eigenvalue weighted by atomic mass is 10.2. The van der Waals surface area contributed by atoms with Crippen LogP contribution in [0.5, 0.6) is 0 Å². The summed E-state index contributed by atoms with van der Waals surface area (Å²) in [6.07, 6.45) is 1.98. The van der Waals surface area contributed by atoms with E-state index in [9.17, 15) is 4.79 Å². The van der Waals surface area contributed by atoms with Crippen molar-refractivity contribution in [1.29, 1.82) is 5.26 Å². The molecule has 0 spiro atoms. The molecule has 0 saturated heterocycles. The number of carbonyl (C=O) groups excluding carboxylic acids is 1. The molecule has 5 heteroatoms. The van der Waals surface area contributed by atoms with Crippen molar-refractivity contribution in [2.45, 2.75) is 13.3 Å². The predicted molar refractivity (Wildman–Crippen MR) is 65.6 cm³/mol. The average Bonchev–Trinajstić information content (AvgIpc) is 2.39. The van der Waals surface area contributed by atoms with Crippen LogP contribution < -0.4 is 5.32 Å². The maximum atomic E-state index is 12.2. The molecule has 0 fully saturated rings. The number of nitriles is 1. The van der Waals surface area contributed by atoms with Crippen LogP contribution in [0.15, 0.2) is 18.3 Å². The highest BCUT2D eigenvalue weighted by Crippen LogP contribution is 2.13. The highest BCUT2D eigenvalue weighted by Gasteiger charge is 2.17. The third-order valence-electron chi connectivity index (χ3n) is 2.44. The summed E-state index contributed by atoms with van der Waals surface area (Å²) in [6.45, 7) is 2.92. The molecule has 5 nitrogen and oxygen atoms in total. The Labute approximate surface area is 101 Å². The number of hydrogen-bond acceptors (Lipinski definition) is 4. The van der Waals surface area contributed by atoms with Crippen molar-refractivity contribution in [2.24, 2.45) is 0 Å². The van der Waals surface area contributed by atoms with E-state index >= 15 is 0 Å². The Morgan fingerprint density at radius 2 is 2.41 bits per heavy atom. The molecule has 0 unspecified atom stereocenters. The summed E-state index contributed by atoms with van der Waals surface area (Å²) in [4.78, 5) is 17.9. The van der Waals surface area contributed by atoms with Crippen molar-refractivity contribution in [2.75, 3.05) is 25.5 Å². The lowest BCUT2D eigenvalue weighted by Gasteiger charge is -2.20. The third-order valence-corrected chi connectivity index (χ3v) is 2.44. The van der Waals surface area contributed by atoms with Crippen LogP contribution in [0, 0.1) is 11.3 Å². The van der Waals surface area contributed by atoms with E-state index in [1.807, 2.05) is 13.0 Å². The normalized spacial score (nSPS) is 9.47. The Kier molecular flexibility index (Phi) is 4.95. The van der Waals surface area contributed by atoms with Gasteiger partial charge in [0.05, 0.1) is 18.1 Å². The van der Waals surface area contributed by atoms with Crippen molar-refractivity contribution in [3.8, 4) is 6.07 Å². The van der Waals surface area contributed by atoms with Gasteiger partial charge >= 0.3 is 0 Å². The van der Waals surface area contributed by atoms with Gasteiger partial charge in [-0.1, -0.05) is 0 Å². The zero-order chi connectivity index (χ0) is 12.7. The average molecular weight is 232 g/mol. The summed E-state index contributed by atoms with van der Waals surface area (Å²) in [7, 11) is 1.73. The van der Waals surface area contributed by atoms with Crippen molar-refractivity contribution < 1.29 is 4.79 Å². The fourth-order valence-corrected chi connectivity index (χ4v) is 1.54. The largest absolute Gasteiger partial charge is 0.372 e. The molecule has 0 aliphatic carbocycles. The minimum Gasteiger partial charge on any atom is -0.372 e. The molecule has 90 valence electrons. The molecule has 0 aliphatic rings. The second-order valence-corrected chi connectivity index (χ2v) is 3.44. The van der Waals surface area contributed by atoms with Crippen molar-refractivity contribution in [1.82, 2.24) is 9.88 Å². The van der Waals surface area contributed by atoms with Gasteiger partial charge in [0.25, 0.3) is 5.91 Å². The molecular formula is C12H16N4O. The van der Waals surface area contributed by atoms with E-state index in [0.717, 1.165) is 0 Å². The lowest BCUT2D eigenvalue weighted by Crippen LogP contribution is -2.32. The smallest absolute Gasteiger partial charge is 0.257 e. The van der Waals surface area contributed by atoms with Crippen LogP contribution in [0.1, 0.15) is 23.7 Å². The minimum absolute atomic E-state index is 0.0970. The summed E-state index contributed by atoms with van der Waals surface area (Å²) in [5, 5.41) is 11.4. The molecule has 0 bridgehead atoms. The molecule has 1 rings (SSSR count). The number of pyridine rings is 1. The summed E-state index contributed by atoms with van der Waals surface area (Å²) in [5.41, 5.74) is 0.537. The van der Waals surface area contributed by atoms with E-state index in [4.69, 9.17) is 5.26 Å². The van der Waals surface area contributed by atoms with Crippen LogP contribution in [0.3, 0.4) is 0 Å². The van der Waals surface area contributed by atoms with Crippen molar-refractivity contribution in [3.05, 3.63) is 23.9 Å². The third kappa shape index (κ3) is 3.18. The first-order valence-electron chi connectivity index (χ1n) is 5.53. The number of carbonyl (C=O) groups is 1. The molecule has 1 amide bonds. The quantitative estimate of drug-likeness (QED) is 0.835. The zero-order valence-corrected chi connectivity index (χ0v) is 10.1. The van der Waals surface area contributed by atoms with Crippen molar-refractivity contribution in [3.63, 3.8) is 0 Å². The van der Waals surface area contributed by atoms with Crippen LogP contribution in [0.25, 0.3) is 0 Å².